The van der Waals surface area contributed by atoms with Crippen LogP contribution in [0.15, 0.2) is 12.4 Å². The fourth-order valence-electron chi connectivity index (χ4n) is 0.979. The summed E-state index contributed by atoms with van der Waals surface area (Å²) in [7, 11) is 0. The Morgan fingerprint density at radius 3 is 3.00 bits per heavy atom. The number of nitrogens with zero attached hydrogens (tertiary/aromatic N) is 4. The molecule has 0 aliphatic heterocycles. The van der Waals surface area contributed by atoms with E-state index in [1.54, 1.807) is 10.7 Å². The van der Waals surface area contributed by atoms with Crippen molar-refractivity contribution in [3.63, 3.8) is 0 Å². The summed E-state index contributed by atoms with van der Waals surface area (Å²) in [6.45, 7) is 3.83. The zero-order chi connectivity index (χ0) is 7.84. The average molecular weight is 148 g/mol. The summed E-state index contributed by atoms with van der Waals surface area (Å²) in [5.74, 6) is 1.41. The molecule has 0 aliphatic rings. The summed E-state index contributed by atoms with van der Waals surface area (Å²) in [5, 5.41) is 4.12. The van der Waals surface area contributed by atoms with E-state index >= 15 is 0 Å². The van der Waals surface area contributed by atoms with Gasteiger partial charge < -0.3 is 0 Å². The van der Waals surface area contributed by atoms with Gasteiger partial charge in [-0.3, -0.25) is 0 Å². The first-order valence-electron chi connectivity index (χ1n) is 3.41. The highest BCUT2D eigenvalue weighted by atomic mass is 15.3. The molecule has 0 amide bonds. The first-order chi connectivity index (χ1) is 5.25. The summed E-state index contributed by atoms with van der Waals surface area (Å²) in [6.07, 6.45) is 3.69. The van der Waals surface area contributed by atoms with Crippen molar-refractivity contribution in [2.45, 2.75) is 13.8 Å². The molecule has 0 bridgehead atoms. The van der Waals surface area contributed by atoms with Crippen LogP contribution >= 0.6 is 0 Å². The van der Waals surface area contributed by atoms with Gasteiger partial charge in [0, 0.05) is 12.4 Å². The van der Waals surface area contributed by atoms with Crippen LogP contribution in [0.25, 0.3) is 5.78 Å². The van der Waals surface area contributed by atoms with E-state index in [4.69, 9.17) is 0 Å². The van der Waals surface area contributed by atoms with Crippen molar-refractivity contribution in [3.05, 3.63) is 23.8 Å². The highest BCUT2D eigenvalue weighted by Gasteiger charge is 1.98. The van der Waals surface area contributed by atoms with Crippen LogP contribution in [-0.2, 0) is 0 Å². The Morgan fingerprint density at radius 1 is 1.36 bits per heavy atom. The number of hydrogen-bond acceptors (Lipinski definition) is 3. The highest BCUT2D eigenvalue weighted by molar-refractivity contribution is 5.26. The second-order valence-corrected chi connectivity index (χ2v) is 2.53. The lowest BCUT2D eigenvalue weighted by atomic mass is 10.4. The van der Waals surface area contributed by atoms with E-state index in [0.29, 0.717) is 5.78 Å². The van der Waals surface area contributed by atoms with E-state index in [-0.39, 0.29) is 0 Å². The maximum atomic E-state index is 4.12. The summed E-state index contributed by atoms with van der Waals surface area (Å²) in [4.78, 5) is 8.19. The molecule has 0 fully saturated rings. The Kier molecular flexibility index (Phi) is 1.15. The minimum Gasteiger partial charge on any atom is -0.219 e. The molecule has 0 aliphatic carbocycles. The van der Waals surface area contributed by atoms with Crippen molar-refractivity contribution in [2.24, 2.45) is 0 Å². The van der Waals surface area contributed by atoms with Crippen LogP contribution in [0.2, 0.25) is 0 Å². The third-order valence-corrected chi connectivity index (χ3v) is 1.43. The Hall–Kier alpha value is -1.45. The SMILES string of the molecule is Cc1cnc2nc(C)nn2c1. The van der Waals surface area contributed by atoms with Crippen molar-refractivity contribution >= 4 is 5.78 Å². The molecule has 11 heavy (non-hydrogen) atoms. The molecule has 0 spiro atoms. The lowest BCUT2D eigenvalue weighted by Gasteiger charge is -1.90. The van der Waals surface area contributed by atoms with E-state index in [1.807, 2.05) is 20.0 Å². The molecule has 4 nitrogen and oxygen atoms in total. The number of rotatable bonds is 0. The van der Waals surface area contributed by atoms with Gasteiger partial charge >= 0.3 is 0 Å². The fourth-order valence-corrected chi connectivity index (χ4v) is 0.979. The molecule has 0 saturated carbocycles. The Balaban J connectivity index is 2.82. The summed E-state index contributed by atoms with van der Waals surface area (Å²) in [5.41, 5.74) is 1.09. The standard InChI is InChI=1S/C7H8N4/c1-5-3-8-7-9-6(2)10-11(7)4-5/h3-4H,1-2H3. The molecule has 0 radical (unpaired) electrons. The van der Waals surface area contributed by atoms with Crippen LogP contribution in [-0.4, -0.2) is 19.6 Å². The van der Waals surface area contributed by atoms with Crippen LogP contribution in [0.3, 0.4) is 0 Å². The predicted octanol–water partition coefficient (Wildman–Crippen LogP) is 0.741. The predicted molar refractivity (Wildman–Crippen MR) is 40.3 cm³/mol. The van der Waals surface area contributed by atoms with Crippen LogP contribution in [0.4, 0.5) is 0 Å². The van der Waals surface area contributed by atoms with E-state index in [2.05, 4.69) is 15.1 Å². The third kappa shape index (κ3) is 0.960. The van der Waals surface area contributed by atoms with E-state index in [1.165, 1.54) is 0 Å². The second-order valence-electron chi connectivity index (χ2n) is 2.53. The normalized spacial score (nSPS) is 10.7. The van der Waals surface area contributed by atoms with Crippen molar-refractivity contribution < 1.29 is 0 Å². The van der Waals surface area contributed by atoms with Crippen LogP contribution in [0, 0.1) is 13.8 Å². The van der Waals surface area contributed by atoms with Gasteiger partial charge in [0.05, 0.1) is 0 Å². The minimum absolute atomic E-state index is 0.660. The van der Waals surface area contributed by atoms with Crippen LogP contribution in [0.5, 0.6) is 0 Å². The molecule has 0 N–H and O–H groups in total. The van der Waals surface area contributed by atoms with Crippen LogP contribution < -0.4 is 0 Å². The smallest absolute Gasteiger partial charge is 0.219 e. The minimum atomic E-state index is 0.660. The largest absolute Gasteiger partial charge is 0.252 e. The molecular weight excluding hydrogens is 140 g/mol. The topological polar surface area (TPSA) is 43.1 Å². The maximum Gasteiger partial charge on any atom is 0.252 e. The summed E-state index contributed by atoms with van der Waals surface area (Å²) >= 11 is 0. The van der Waals surface area contributed by atoms with Gasteiger partial charge in [-0.05, 0) is 19.4 Å². The quantitative estimate of drug-likeness (QED) is 0.553. The molecule has 2 rings (SSSR count). The molecule has 2 heterocycles. The van der Waals surface area contributed by atoms with Gasteiger partial charge in [0.25, 0.3) is 5.78 Å². The summed E-state index contributed by atoms with van der Waals surface area (Å²) < 4.78 is 1.69. The molecule has 0 saturated heterocycles. The van der Waals surface area contributed by atoms with Gasteiger partial charge in [-0.25, -0.2) is 9.50 Å². The van der Waals surface area contributed by atoms with Crippen LogP contribution in [0.1, 0.15) is 11.4 Å². The Morgan fingerprint density at radius 2 is 2.18 bits per heavy atom. The highest BCUT2D eigenvalue weighted by Crippen LogP contribution is 1.98. The van der Waals surface area contributed by atoms with Gasteiger partial charge in [-0.1, -0.05) is 0 Å². The van der Waals surface area contributed by atoms with Crippen molar-refractivity contribution in [1.29, 1.82) is 0 Å². The molecule has 0 aromatic carbocycles. The molecule has 2 aromatic heterocycles. The zero-order valence-electron chi connectivity index (χ0n) is 6.44. The molecular formula is C7H8N4. The maximum absolute atomic E-state index is 4.12. The third-order valence-electron chi connectivity index (χ3n) is 1.43. The van der Waals surface area contributed by atoms with Crippen molar-refractivity contribution in [2.75, 3.05) is 0 Å². The molecule has 0 unspecified atom stereocenters. The van der Waals surface area contributed by atoms with Gasteiger partial charge in [-0.2, -0.15) is 10.1 Å². The van der Waals surface area contributed by atoms with Gasteiger partial charge in [0.2, 0.25) is 0 Å². The first-order valence-corrected chi connectivity index (χ1v) is 3.41. The summed E-state index contributed by atoms with van der Waals surface area (Å²) in [6, 6.07) is 0. The van der Waals surface area contributed by atoms with E-state index in [9.17, 15) is 0 Å². The van der Waals surface area contributed by atoms with Gasteiger partial charge in [0.1, 0.15) is 5.82 Å². The van der Waals surface area contributed by atoms with Gasteiger partial charge in [0.15, 0.2) is 0 Å². The second kappa shape index (κ2) is 2.02. The van der Waals surface area contributed by atoms with E-state index < -0.39 is 0 Å². The zero-order valence-corrected chi connectivity index (χ0v) is 6.44. The van der Waals surface area contributed by atoms with Crippen molar-refractivity contribution in [3.8, 4) is 0 Å². The molecule has 56 valence electrons. The number of fused-ring (bicyclic) bond motifs is 1. The van der Waals surface area contributed by atoms with Crippen molar-refractivity contribution in [1.82, 2.24) is 19.6 Å². The molecule has 0 atom stereocenters. The Bertz CT molecular complexity index is 390. The average Bonchev–Trinajstić information content (AvgIpc) is 2.27. The fraction of sp³-hybridized carbons (Fsp3) is 0.286. The molecule has 4 heteroatoms. The van der Waals surface area contributed by atoms with Gasteiger partial charge in [-0.15, -0.1) is 0 Å². The lowest BCUT2D eigenvalue weighted by molar-refractivity contribution is 0.907. The number of hydrogen-bond donors (Lipinski definition) is 0. The number of aromatic nitrogens is 4. The molecule has 2 aromatic rings. The Labute approximate surface area is 63.9 Å². The lowest BCUT2D eigenvalue weighted by Crippen LogP contribution is -1.90. The number of aryl methyl sites for hydroxylation is 2. The first kappa shape index (κ1) is 6.27. The monoisotopic (exact) mass is 148 g/mol. The van der Waals surface area contributed by atoms with E-state index in [0.717, 1.165) is 11.4 Å².